The number of carbonyl (C=O) groups is 1. The van der Waals surface area contributed by atoms with Crippen LogP contribution in [0.3, 0.4) is 0 Å². The molecular formula is C10H7ClN4O. The Labute approximate surface area is 96.1 Å². The second kappa shape index (κ2) is 3.31. The normalized spacial score (nSPS) is 13.7. The predicted octanol–water partition coefficient (Wildman–Crippen LogP) is 1.55. The van der Waals surface area contributed by atoms with Gasteiger partial charge in [0.25, 0.3) is 0 Å². The molecule has 1 aromatic heterocycles. The molecule has 0 aliphatic carbocycles. The summed E-state index contributed by atoms with van der Waals surface area (Å²) in [5.41, 5.74) is 1.39. The van der Waals surface area contributed by atoms with Crippen molar-refractivity contribution in [3.05, 3.63) is 29.5 Å². The monoisotopic (exact) mass is 234 g/mol. The maximum absolute atomic E-state index is 11.6. The number of benzene rings is 1. The van der Waals surface area contributed by atoms with E-state index in [4.69, 9.17) is 11.6 Å². The van der Waals surface area contributed by atoms with Crippen LogP contribution < -0.4 is 5.32 Å². The van der Waals surface area contributed by atoms with Gasteiger partial charge in [0.1, 0.15) is 12.9 Å². The van der Waals surface area contributed by atoms with Gasteiger partial charge in [-0.05, 0) is 12.1 Å². The lowest BCUT2D eigenvalue weighted by Gasteiger charge is -2.06. The fourth-order valence-electron chi connectivity index (χ4n) is 1.75. The summed E-state index contributed by atoms with van der Waals surface area (Å²) in [5.74, 6) is 0.478. The number of nitrogens with one attached hydrogen (secondary N) is 1. The average Bonchev–Trinajstić information content (AvgIpc) is 2.61. The standard InChI is InChI=1S/C10H7ClN4O/c11-6-2-1-3-7-9(6)10-12-5-13-15(10)4-8(16)14-7/h1-3,5H,4H2,(H,14,16). The molecule has 0 atom stereocenters. The van der Waals surface area contributed by atoms with Gasteiger partial charge < -0.3 is 5.32 Å². The van der Waals surface area contributed by atoms with Gasteiger partial charge in [-0.15, -0.1) is 0 Å². The van der Waals surface area contributed by atoms with Gasteiger partial charge in [-0.25, -0.2) is 9.67 Å². The summed E-state index contributed by atoms with van der Waals surface area (Å²) in [5, 5.41) is 7.32. The Bertz CT molecular complexity index is 578. The molecule has 3 rings (SSSR count). The number of hydrogen-bond donors (Lipinski definition) is 1. The topological polar surface area (TPSA) is 59.8 Å². The minimum atomic E-state index is -0.132. The highest BCUT2D eigenvalue weighted by Gasteiger charge is 2.21. The van der Waals surface area contributed by atoms with Gasteiger partial charge in [-0.1, -0.05) is 17.7 Å². The summed E-state index contributed by atoms with van der Waals surface area (Å²) in [6, 6.07) is 5.34. The molecule has 0 bridgehead atoms. The van der Waals surface area contributed by atoms with Crippen molar-refractivity contribution in [3.8, 4) is 11.4 Å². The van der Waals surface area contributed by atoms with E-state index in [1.807, 2.05) is 0 Å². The molecular weight excluding hydrogens is 228 g/mol. The molecule has 0 unspecified atom stereocenters. The van der Waals surface area contributed by atoms with Crippen LogP contribution in [0.5, 0.6) is 0 Å². The quantitative estimate of drug-likeness (QED) is 0.752. The molecule has 80 valence electrons. The fourth-order valence-corrected chi connectivity index (χ4v) is 2.01. The van der Waals surface area contributed by atoms with Gasteiger partial charge in [0, 0.05) is 0 Å². The molecule has 0 spiro atoms. The SMILES string of the molecule is O=C1Cn2ncnc2-c2c(Cl)cccc2N1. The zero-order valence-electron chi connectivity index (χ0n) is 8.14. The van der Waals surface area contributed by atoms with Crippen LogP contribution in [0.2, 0.25) is 5.02 Å². The number of fused-ring (bicyclic) bond motifs is 3. The van der Waals surface area contributed by atoms with Gasteiger partial charge in [0.2, 0.25) is 5.91 Å². The van der Waals surface area contributed by atoms with Crippen LogP contribution in [0.25, 0.3) is 11.4 Å². The number of hydrogen-bond acceptors (Lipinski definition) is 3. The lowest BCUT2D eigenvalue weighted by molar-refractivity contribution is -0.116. The molecule has 1 aliphatic heterocycles. The van der Waals surface area contributed by atoms with Crippen molar-refractivity contribution in [3.63, 3.8) is 0 Å². The average molecular weight is 235 g/mol. The first kappa shape index (κ1) is 9.35. The van der Waals surface area contributed by atoms with Crippen LogP contribution in [0, 0.1) is 0 Å². The first-order valence-electron chi connectivity index (χ1n) is 4.72. The van der Waals surface area contributed by atoms with Crippen LogP contribution >= 0.6 is 11.6 Å². The number of anilines is 1. The van der Waals surface area contributed by atoms with Crippen molar-refractivity contribution in [1.29, 1.82) is 0 Å². The number of amides is 1. The third kappa shape index (κ3) is 1.29. The van der Waals surface area contributed by atoms with E-state index in [0.29, 0.717) is 22.1 Å². The van der Waals surface area contributed by atoms with Crippen molar-refractivity contribution in [1.82, 2.24) is 14.8 Å². The third-order valence-corrected chi connectivity index (χ3v) is 2.74. The maximum atomic E-state index is 11.6. The molecule has 5 nitrogen and oxygen atoms in total. The minimum Gasteiger partial charge on any atom is -0.324 e. The van der Waals surface area contributed by atoms with Crippen molar-refractivity contribution in [2.75, 3.05) is 5.32 Å². The maximum Gasteiger partial charge on any atom is 0.246 e. The lowest BCUT2D eigenvalue weighted by Crippen LogP contribution is -2.17. The van der Waals surface area contributed by atoms with Crippen LogP contribution in [-0.4, -0.2) is 20.7 Å². The van der Waals surface area contributed by atoms with Crippen molar-refractivity contribution in [2.45, 2.75) is 6.54 Å². The van der Waals surface area contributed by atoms with E-state index < -0.39 is 0 Å². The van der Waals surface area contributed by atoms with E-state index in [2.05, 4.69) is 15.4 Å². The summed E-state index contributed by atoms with van der Waals surface area (Å²) in [6.07, 6.45) is 1.42. The Hall–Kier alpha value is -1.88. The number of carbonyl (C=O) groups excluding carboxylic acids is 1. The Morgan fingerprint density at radius 1 is 1.44 bits per heavy atom. The Kier molecular flexibility index (Phi) is 1.94. The molecule has 0 fully saturated rings. The molecule has 6 heteroatoms. The molecule has 1 aromatic carbocycles. The first-order valence-corrected chi connectivity index (χ1v) is 5.10. The number of nitrogens with zero attached hydrogens (tertiary/aromatic N) is 3. The van der Waals surface area contributed by atoms with Crippen LogP contribution in [-0.2, 0) is 11.3 Å². The minimum absolute atomic E-state index is 0.132. The van der Waals surface area contributed by atoms with E-state index in [-0.39, 0.29) is 12.5 Å². The van der Waals surface area contributed by atoms with Crippen LogP contribution in [0.4, 0.5) is 5.69 Å². The summed E-state index contributed by atoms with van der Waals surface area (Å²) in [4.78, 5) is 15.7. The van der Waals surface area contributed by atoms with E-state index in [1.165, 1.54) is 11.0 Å². The summed E-state index contributed by atoms with van der Waals surface area (Å²) >= 11 is 6.11. The molecule has 1 aliphatic rings. The van der Waals surface area contributed by atoms with Crippen molar-refractivity contribution in [2.24, 2.45) is 0 Å². The molecule has 16 heavy (non-hydrogen) atoms. The molecule has 0 saturated heterocycles. The molecule has 0 saturated carbocycles. The van der Waals surface area contributed by atoms with Gasteiger partial charge >= 0.3 is 0 Å². The molecule has 1 amide bonds. The fraction of sp³-hybridized carbons (Fsp3) is 0.100. The van der Waals surface area contributed by atoms with Gasteiger partial charge in [0.05, 0.1) is 16.3 Å². The first-order chi connectivity index (χ1) is 7.75. The molecule has 0 radical (unpaired) electrons. The largest absolute Gasteiger partial charge is 0.324 e. The van der Waals surface area contributed by atoms with Crippen LogP contribution in [0.1, 0.15) is 0 Å². The smallest absolute Gasteiger partial charge is 0.246 e. The highest BCUT2D eigenvalue weighted by atomic mass is 35.5. The Morgan fingerprint density at radius 3 is 3.19 bits per heavy atom. The molecule has 2 heterocycles. The highest BCUT2D eigenvalue weighted by molar-refractivity contribution is 6.34. The third-order valence-electron chi connectivity index (χ3n) is 2.42. The highest BCUT2D eigenvalue weighted by Crippen LogP contribution is 2.34. The van der Waals surface area contributed by atoms with Gasteiger partial charge in [0.15, 0.2) is 5.82 Å². The Morgan fingerprint density at radius 2 is 2.31 bits per heavy atom. The van der Waals surface area contributed by atoms with E-state index >= 15 is 0 Å². The second-order valence-corrected chi connectivity index (χ2v) is 3.86. The van der Waals surface area contributed by atoms with Crippen LogP contribution in [0.15, 0.2) is 24.5 Å². The van der Waals surface area contributed by atoms with Crippen molar-refractivity contribution >= 4 is 23.2 Å². The van der Waals surface area contributed by atoms with Gasteiger partial charge in [-0.3, -0.25) is 4.79 Å². The summed E-state index contributed by atoms with van der Waals surface area (Å²) < 4.78 is 1.53. The van der Waals surface area contributed by atoms with E-state index in [1.54, 1.807) is 18.2 Å². The van der Waals surface area contributed by atoms with E-state index in [0.717, 1.165) is 0 Å². The predicted molar refractivity (Wildman–Crippen MR) is 59.1 cm³/mol. The van der Waals surface area contributed by atoms with Crippen molar-refractivity contribution < 1.29 is 4.79 Å². The van der Waals surface area contributed by atoms with Gasteiger partial charge in [-0.2, -0.15) is 5.10 Å². The molecule has 1 N–H and O–H groups in total. The number of rotatable bonds is 0. The second-order valence-electron chi connectivity index (χ2n) is 3.45. The Balaban J connectivity index is 2.34. The number of halogens is 1. The zero-order valence-corrected chi connectivity index (χ0v) is 8.90. The molecule has 2 aromatic rings. The van der Waals surface area contributed by atoms with E-state index in [9.17, 15) is 4.79 Å². The summed E-state index contributed by atoms with van der Waals surface area (Å²) in [6.45, 7) is 0.153. The zero-order chi connectivity index (χ0) is 11.1. The summed E-state index contributed by atoms with van der Waals surface area (Å²) in [7, 11) is 0. The lowest BCUT2D eigenvalue weighted by atomic mass is 10.1. The number of aromatic nitrogens is 3.